The molecule has 0 bridgehead atoms. The van der Waals surface area contributed by atoms with Gasteiger partial charge in [-0.3, -0.25) is 4.79 Å². The van der Waals surface area contributed by atoms with E-state index >= 15 is 0 Å². The number of Topliss-reactive ketones (excluding diaryl/α,β-unsaturated/α-hetero) is 1. The van der Waals surface area contributed by atoms with Crippen LogP contribution in [0.4, 0.5) is 0 Å². The molecule has 0 radical (unpaired) electrons. The topological polar surface area (TPSA) is 73.4 Å². The highest BCUT2D eigenvalue weighted by Gasteiger charge is 2.51. The number of carbonyl (C=O) groups is 1. The van der Waals surface area contributed by atoms with Gasteiger partial charge in [-0.1, -0.05) is 35.5 Å². The van der Waals surface area contributed by atoms with E-state index in [1.165, 1.54) is 16.9 Å². The summed E-state index contributed by atoms with van der Waals surface area (Å²) in [5.41, 5.74) is 2.29. The van der Waals surface area contributed by atoms with Gasteiger partial charge >= 0.3 is 0 Å². The second kappa shape index (κ2) is 6.85. The number of hydrogen-bond acceptors (Lipinski definition) is 4. The van der Waals surface area contributed by atoms with Gasteiger partial charge in [0.05, 0.1) is 0 Å². The van der Waals surface area contributed by atoms with Crippen LogP contribution in [0, 0.1) is 11.3 Å². The van der Waals surface area contributed by atoms with E-state index in [9.17, 15) is 10.1 Å². The van der Waals surface area contributed by atoms with Crippen LogP contribution in [0.1, 0.15) is 46.8 Å². The monoisotopic (exact) mass is 363 g/mol. The number of nitrogens with zero attached hydrogens (tertiary/aromatic N) is 3. The molecule has 0 unspecified atom stereocenters. The third-order valence-electron chi connectivity index (χ3n) is 4.96. The number of benzene rings is 1. The van der Waals surface area contributed by atoms with E-state index in [2.05, 4.69) is 28.5 Å². The molecule has 0 saturated heterocycles. The highest BCUT2D eigenvalue weighted by atomic mass is 32.1. The van der Waals surface area contributed by atoms with Crippen LogP contribution in [0.5, 0.6) is 0 Å². The Bertz CT molecular complexity index is 936. The fourth-order valence-corrected chi connectivity index (χ4v) is 3.85. The first-order valence-electron chi connectivity index (χ1n) is 8.68. The molecular weight excluding hydrogens is 344 g/mol. The fourth-order valence-electron chi connectivity index (χ4n) is 3.19. The van der Waals surface area contributed by atoms with Crippen molar-refractivity contribution in [3.05, 3.63) is 70.2 Å². The van der Waals surface area contributed by atoms with Crippen molar-refractivity contribution in [3.8, 4) is 6.07 Å². The molecule has 1 N–H and O–H groups in total. The molecular formula is C20H19N4OS+. The maximum absolute atomic E-state index is 12.7. The minimum Gasteiger partial charge on any atom is -0.294 e. The molecule has 1 saturated carbocycles. The highest BCUT2D eigenvalue weighted by molar-refractivity contribution is 7.08. The number of carbonyl (C=O) groups excluding carboxylic acids is 1. The first-order valence-corrected chi connectivity index (χ1v) is 9.62. The molecule has 1 aliphatic carbocycles. The maximum Gasteiger partial charge on any atom is 0.222 e. The first kappa shape index (κ1) is 16.7. The van der Waals surface area contributed by atoms with E-state index in [0.717, 1.165) is 30.5 Å². The largest absolute Gasteiger partial charge is 0.294 e. The van der Waals surface area contributed by atoms with Gasteiger partial charge in [-0.05, 0) is 23.4 Å². The van der Waals surface area contributed by atoms with Crippen molar-refractivity contribution in [2.75, 3.05) is 0 Å². The number of thiophene rings is 1. The summed E-state index contributed by atoms with van der Waals surface area (Å²) in [4.78, 5) is 12.7. The van der Waals surface area contributed by atoms with Crippen molar-refractivity contribution >= 4 is 17.1 Å². The normalized spacial score (nSPS) is 16.0. The molecule has 0 aliphatic heterocycles. The zero-order chi connectivity index (χ0) is 18.0. The van der Waals surface area contributed by atoms with Crippen molar-refractivity contribution in [2.24, 2.45) is 0 Å². The van der Waals surface area contributed by atoms with Gasteiger partial charge in [0.2, 0.25) is 11.2 Å². The minimum absolute atomic E-state index is 0.0307. The molecule has 1 atom stereocenters. The quantitative estimate of drug-likeness (QED) is 0.517. The number of aromatic amines is 1. The van der Waals surface area contributed by atoms with E-state index in [1.54, 1.807) is 4.68 Å². The summed E-state index contributed by atoms with van der Waals surface area (Å²) >= 11 is 1.53. The Morgan fingerprint density at radius 3 is 2.81 bits per heavy atom. The van der Waals surface area contributed by atoms with Crippen molar-refractivity contribution in [2.45, 2.75) is 37.1 Å². The summed E-state index contributed by atoms with van der Waals surface area (Å²) in [5, 5.41) is 20.6. The lowest BCUT2D eigenvalue weighted by molar-refractivity contribution is -0.780. The Morgan fingerprint density at radius 1 is 1.35 bits per heavy atom. The van der Waals surface area contributed by atoms with Gasteiger partial charge in [-0.25, -0.2) is 0 Å². The van der Waals surface area contributed by atoms with Gasteiger partial charge in [-0.15, -0.1) is 4.68 Å². The highest BCUT2D eigenvalue weighted by Crippen LogP contribution is 2.37. The van der Waals surface area contributed by atoms with Crippen molar-refractivity contribution < 1.29 is 9.48 Å². The molecule has 2 aromatic heterocycles. The third-order valence-corrected chi connectivity index (χ3v) is 5.64. The molecule has 130 valence electrons. The molecule has 3 aromatic rings. The number of nitriles is 1. The Balaban J connectivity index is 1.60. The van der Waals surface area contributed by atoms with E-state index in [-0.39, 0.29) is 11.7 Å². The Hall–Kier alpha value is -2.78. The van der Waals surface area contributed by atoms with Crippen LogP contribution in [0.3, 0.4) is 0 Å². The number of H-pyrrole nitrogens is 1. The molecule has 0 amide bonds. The summed E-state index contributed by atoms with van der Waals surface area (Å²) in [7, 11) is 0. The van der Waals surface area contributed by atoms with Crippen LogP contribution in [0.25, 0.3) is 0 Å². The number of nitrogens with one attached hydrogen (secondary N) is 1. The van der Waals surface area contributed by atoms with E-state index in [1.807, 2.05) is 41.2 Å². The number of aromatic nitrogens is 3. The SMILES string of the molecule is N#CC1([n+]2cc([C@@H](CC(=O)c3ccsc3)Cc3ccccc3)n[nH]2)CC1. The Morgan fingerprint density at radius 2 is 2.15 bits per heavy atom. The lowest BCUT2D eigenvalue weighted by Gasteiger charge is -2.11. The zero-order valence-electron chi connectivity index (χ0n) is 14.3. The molecule has 4 rings (SSSR count). The summed E-state index contributed by atoms with van der Waals surface area (Å²) < 4.78 is 1.80. The van der Waals surface area contributed by atoms with E-state index in [0.29, 0.717) is 6.42 Å². The van der Waals surface area contributed by atoms with Crippen LogP contribution in [0.2, 0.25) is 0 Å². The smallest absolute Gasteiger partial charge is 0.222 e. The van der Waals surface area contributed by atoms with Gasteiger partial charge < -0.3 is 0 Å². The summed E-state index contributed by atoms with van der Waals surface area (Å²) in [6.07, 6.45) is 4.72. The van der Waals surface area contributed by atoms with Gasteiger partial charge in [-0.2, -0.15) is 16.6 Å². The maximum atomic E-state index is 12.7. The molecule has 6 heteroatoms. The molecule has 2 heterocycles. The summed E-state index contributed by atoms with van der Waals surface area (Å²) in [6, 6.07) is 14.4. The van der Waals surface area contributed by atoms with E-state index < -0.39 is 5.54 Å². The number of ketones is 1. The Kier molecular flexibility index (Phi) is 4.39. The standard InChI is InChI=1S/C20H18N4OS/c21-14-20(7-8-20)24-12-18(22-23-24)17(10-15-4-2-1-3-5-15)11-19(25)16-6-9-26-13-16/h1-6,9,12-13,17H,7-8,10-11H2/p+1/t17-/m1/s1. The molecule has 26 heavy (non-hydrogen) atoms. The van der Waals surface area contributed by atoms with Crippen molar-refractivity contribution in [3.63, 3.8) is 0 Å². The van der Waals surface area contributed by atoms with Crippen LogP contribution >= 0.6 is 11.3 Å². The number of rotatable bonds is 7. The molecule has 1 aromatic carbocycles. The van der Waals surface area contributed by atoms with Crippen LogP contribution in [0.15, 0.2) is 53.4 Å². The van der Waals surface area contributed by atoms with Gasteiger partial charge in [0, 0.05) is 41.2 Å². The summed E-state index contributed by atoms with van der Waals surface area (Å²) in [6.45, 7) is 0. The molecule has 5 nitrogen and oxygen atoms in total. The van der Waals surface area contributed by atoms with Crippen molar-refractivity contribution in [1.82, 2.24) is 10.3 Å². The van der Waals surface area contributed by atoms with Gasteiger partial charge in [0.15, 0.2) is 12.0 Å². The van der Waals surface area contributed by atoms with Gasteiger partial charge in [0.1, 0.15) is 6.07 Å². The van der Waals surface area contributed by atoms with Crippen LogP contribution in [-0.4, -0.2) is 16.1 Å². The molecule has 1 aliphatic rings. The second-order valence-electron chi connectivity index (χ2n) is 6.81. The average molecular weight is 363 g/mol. The fraction of sp³-hybridized carbons (Fsp3) is 0.300. The van der Waals surface area contributed by atoms with E-state index in [4.69, 9.17) is 0 Å². The predicted molar refractivity (Wildman–Crippen MR) is 97.8 cm³/mol. The third kappa shape index (κ3) is 3.31. The number of hydrogen-bond donors (Lipinski definition) is 1. The lowest BCUT2D eigenvalue weighted by Crippen LogP contribution is -2.47. The van der Waals surface area contributed by atoms with Crippen LogP contribution in [-0.2, 0) is 12.0 Å². The summed E-state index contributed by atoms with van der Waals surface area (Å²) in [5.74, 6) is 0.0972. The first-order chi connectivity index (χ1) is 12.7. The second-order valence-corrected chi connectivity index (χ2v) is 7.59. The van der Waals surface area contributed by atoms with Gasteiger partial charge in [0.25, 0.3) is 0 Å². The minimum atomic E-state index is -0.472. The van der Waals surface area contributed by atoms with Crippen molar-refractivity contribution in [1.29, 1.82) is 5.26 Å². The molecule has 0 spiro atoms. The predicted octanol–water partition coefficient (Wildman–Crippen LogP) is 3.37. The Labute approximate surface area is 155 Å². The lowest BCUT2D eigenvalue weighted by atomic mass is 9.90. The van der Waals surface area contributed by atoms with Crippen LogP contribution < -0.4 is 4.68 Å². The molecule has 1 fully saturated rings. The average Bonchev–Trinajstić information content (AvgIpc) is 3.08. The zero-order valence-corrected chi connectivity index (χ0v) is 15.1.